The van der Waals surface area contributed by atoms with Gasteiger partial charge < -0.3 is 4.42 Å². The summed E-state index contributed by atoms with van der Waals surface area (Å²) in [5, 5.41) is 5.92. The molecule has 0 atom stereocenters. The SMILES string of the molecule is Cc1[nH]ncc1S(=O)(=O)N(Cc1ccco1)CC(F)(F)F. The van der Waals surface area contributed by atoms with Crippen LogP contribution in [0.1, 0.15) is 11.5 Å². The van der Waals surface area contributed by atoms with Crippen molar-refractivity contribution in [2.75, 3.05) is 6.54 Å². The van der Waals surface area contributed by atoms with Crippen molar-refractivity contribution >= 4 is 10.0 Å². The molecule has 2 heterocycles. The summed E-state index contributed by atoms with van der Waals surface area (Å²) in [6.45, 7) is -0.710. The second-order valence-corrected chi connectivity index (χ2v) is 6.23. The third kappa shape index (κ3) is 3.64. The van der Waals surface area contributed by atoms with Crippen molar-refractivity contribution in [2.45, 2.75) is 24.5 Å². The van der Waals surface area contributed by atoms with Crippen molar-refractivity contribution in [3.8, 4) is 0 Å². The summed E-state index contributed by atoms with van der Waals surface area (Å²) in [7, 11) is -4.34. The quantitative estimate of drug-likeness (QED) is 0.913. The van der Waals surface area contributed by atoms with Crippen molar-refractivity contribution in [2.24, 2.45) is 0 Å². The first kappa shape index (κ1) is 15.6. The largest absolute Gasteiger partial charge is 0.468 e. The van der Waals surface area contributed by atoms with Gasteiger partial charge in [-0.05, 0) is 19.1 Å². The van der Waals surface area contributed by atoms with E-state index in [0.717, 1.165) is 6.20 Å². The minimum Gasteiger partial charge on any atom is -0.468 e. The van der Waals surface area contributed by atoms with Crippen LogP contribution in [-0.2, 0) is 16.6 Å². The molecule has 0 unspecified atom stereocenters. The Bertz CT molecular complexity index is 692. The topological polar surface area (TPSA) is 79.2 Å². The number of nitrogens with one attached hydrogen (secondary N) is 1. The maximum atomic E-state index is 12.6. The lowest BCUT2D eigenvalue weighted by Crippen LogP contribution is -2.38. The molecule has 0 saturated carbocycles. The molecule has 0 aliphatic carbocycles. The Morgan fingerprint density at radius 3 is 2.62 bits per heavy atom. The number of alkyl halides is 3. The Kier molecular flexibility index (Phi) is 4.10. The van der Waals surface area contributed by atoms with Crippen LogP contribution in [0.25, 0.3) is 0 Å². The van der Waals surface area contributed by atoms with Crippen LogP contribution in [0.3, 0.4) is 0 Å². The fourth-order valence-electron chi connectivity index (χ4n) is 1.74. The molecule has 0 amide bonds. The number of aryl methyl sites for hydroxylation is 1. The molecule has 0 saturated heterocycles. The van der Waals surface area contributed by atoms with E-state index in [2.05, 4.69) is 10.2 Å². The van der Waals surface area contributed by atoms with Gasteiger partial charge in [0, 0.05) is 0 Å². The Morgan fingerprint density at radius 2 is 2.14 bits per heavy atom. The van der Waals surface area contributed by atoms with Gasteiger partial charge in [0.05, 0.1) is 24.7 Å². The van der Waals surface area contributed by atoms with Crippen LogP contribution in [0.2, 0.25) is 0 Å². The van der Waals surface area contributed by atoms with Gasteiger partial charge in [0.15, 0.2) is 0 Å². The number of H-pyrrole nitrogens is 1. The monoisotopic (exact) mass is 323 g/mol. The Balaban J connectivity index is 2.37. The molecule has 0 bridgehead atoms. The number of aromatic amines is 1. The van der Waals surface area contributed by atoms with E-state index in [1.54, 1.807) is 0 Å². The molecular weight excluding hydrogens is 311 g/mol. The lowest BCUT2D eigenvalue weighted by Gasteiger charge is -2.22. The van der Waals surface area contributed by atoms with Gasteiger partial charge >= 0.3 is 6.18 Å². The van der Waals surface area contributed by atoms with E-state index in [4.69, 9.17) is 4.42 Å². The molecular formula is C11H12F3N3O3S. The summed E-state index contributed by atoms with van der Waals surface area (Å²) < 4.78 is 67.9. The van der Waals surface area contributed by atoms with Gasteiger partial charge in [-0.15, -0.1) is 0 Å². The van der Waals surface area contributed by atoms with Crippen LogP contribution in [0.4, 0.5) is 13.2 Å². The van der Waals surface area contributed by atoms with E-state index in [-0.39, 0.29) is 16.3 Å². The van der Waals surface area contributed by atoms with Crippen LogP contribution < -0.4 is 0 Å². The Labute approximate surface area is 118 Å². The van der Waals surface area contributed by atoms with Crippen LogP contribution in [0, 0.1) is 6.92 Å². The molecule has 0 aliphatic rings. The maximum absolute atomic E-state index is 12.6. The standard InChI is InChI=1S/C11H12F3N3O3S/c1-8-10(5-15-16-8)21(18,19)17(7-11(12,13)14)6-9-3-2-4-20-9/h2-5H,6-7H2,1H3,(H,15,16). The first-order chi connectivity index (χ1) is 9.70. The summed E-state index contributed by atoms with van der Waals surface area (Å²) in [4.78, 5) is -0.293. The summed E-state index contributed by atoms with van der Waals surface area (Å²) >= 11 is 0. The highest BCUT2D eigenvalue weighted by Gasteiger charge is 2.38. The van der Waals surface area contributed by atoms with Crippen LogP contribution in [0.15, 0.2) is 33.9 Å². The molecule has 21 heavy (non-hydrogen) atoms. The van der Waals surface area contributed by atoms with E-state index in [9.17, 15) is 21.6 Å². The lowest BCUT2D eigenvalue weighted by molar-refractivity contribution is -0.137. The second kappa shape index (κ2) is 5.53. The fourth-order valence-corrected chi connectivity index (χ4v) is 3.25. The minimum absolute atomic E-state index is 0.115. The van der Waals surface area contributed by atoms with E-state index in [0.29, 0.717) is 4.31 Å². The average Bonchev–Trinajstić information content (AvgIpc) is 2.97. The van der Waals surface area contributed by atoms with Crippen molar-refractivity contribution in [3.05, 3.63) is 36.0 Å². The molecule has 0 fully saturated rings. The predicted octanol–water partition coefficient (Wildman–Crippen LogP) is 2.06. The predicted molar refractivity (Wildman–Crippen MR) is 65.7 cm³/mol. The van der Waals surface area contributed by atoms with Gasteiger partial charge in [-0.25, -0.2) is 8.42 Å². The number of aromatic nitrogens is 2. The molecule has 2 rings (SSSR count). The molecule has 0 aromatic carbocycles. The molecule has 0 aliphatic heterocycles. The summed E-state index contributed by atoms with van der Waals surface area (Å²) in [5.74, 6) is 0.115. The van der Waals surface area contributed by atoms with E-state index in [1.807, 2.05) is 0 Å². The molecule has 10 heteroatoms. The molecule has 2 aromatic rings. The highest BCUT2D eigenvalue weighted by molar-refractivity contribution is 7.89. The smallest absolute Gasteiger partial charge is 0.402 e. The number of nitrogens with zero attached hydrogens (tertiary/aromatic N) is 2. The molecule has 116 valence electrons. The van der Waals surface area contributed by atoms with Gasteiger partial charge in [0.2, 0.25) is 10.0 Å². The van der Waals surface area contributed by atoms with Crippen molar-refractivity contribution < 1.29 is 26.0 Å². The van der Waals surface area contributed by atoms with E-state index < -0.39 is 29.3 Å². The zero-order valence-electron chi connectivity index (χ0n) is 10.9. The molecule has 0 radical (unpaired) electrons. The van der Waals surface area contributed by atoms with Crippen LogP contribution in [-0.4, -0.2) is 35.6 Å². The highest BCUT2D eigenvalue weighted by atomic mass is 32.2. The van der Waals surface area contributed by atoms with Gasteiger partial charge in [-0.1, -0.05) is 0 Å². The second-order valence-electron chi connectivity index (χ2n) is 4.33. The number of rotatable bonds is 5. The third-order valence-corrected chi connectivity index (χ3v) is 4.57. The van der Waals surface area contributed by atoms with Crippen molar-refractivity contribution in [1.29, 1.82) is 0 Å². The first-order valence-electron chi connectivity index (χ1n) is 5.79. The van der Waals surface area contributed by atoms with Gasteiger partial charge in [-0.2, -0.15) is 22.6 Å². The molecule has 2 aromatic heterocycles. The zero-order valence-corrected chi connectivity index (χ0v) is 11.7. The van der Waals surface area contributed by atoms with Gasteiger partial charge in [-0.3, -0.25) is 5.10 Å². The normalized spacial score (nSPS) is 13.0. The summed E-state index contributed by atoms with van der Waals surface area (Å²) in [5.41, 5.74) is 0.168. The number of halogens is 3. The molecule has 6 nitrogen and oxygen atoms in total. The summed E-state index contributed by atoms with van der Waals surface area (Å²) in [6, 6.07) is 2.87. The number of furan rings is 1. The van der Waals surface area contributed by atoms with Gasteiger partial charge in [0.25, 0.3) is 0 Å². The van der Waals surface area contributed by atoms with Crippen molar-refractivity contribution in [1.82, 2.24) is 14.5 Å². The number of hydrogen-bond donors (Lipinski definition) is 1. The fraction of sp³-hybridized carbons (Fsp3) is 0.364. The van der Waals surface area contributed by atoms with Crippen LogP contribution in [0.5, 0.6) is 0 Å². The highest BCUT2D eigenvalue weighted by Crippen LogP contribution is 2.25. The zero-order chi connectivity index (χ0) is 15.7. The van der Waals surface area contributed by atoms with E-state index >= 15 is 0 Å². The minimum atomic E-state index is -4.67. The Hall–Kier alpha value is -1.81. The van der Waals surface area contributed by atoms with E-state index in [1.165, 1.54) is 25.3 Å². The lowest BCUT2D eigenvalue weighted by atomic mass is 10.4. The first-order valence-corrected chi connectivity index (χ1v) is 7.23. The number of hydrogen-bond acceptors (Lipinski definition) is 4. The van der Waals surface area contributed by atoms with Crippen molar-refractivity contribution in [3.63, 3.8) is 0 Å². The third-order valence-electron chi connectivity index (χ3n) is 2.67. The maximum Gasteiger partial charge on any atom is 0.402 e. The molecule has 1 N–H and O–H groups in total. The Morgan fingerprint density at radius 1 is 1.43 bits per heavy atom. The van der Waals surface area contributed by atoms with Gasteiger partial charge in [0.1, 0.15) is 17.2 Å². The summed E-state index contributed by atoms with van der Waals surface area (Å²) in [6.07, 6.45) is -2.43. The van der Waals surface area contributed by atoms with Crippen LogP contribution >= 0.6 is 0 Å². The number of sulfonamides is 1. The average molecular weight is 323 g/mol. The molecule has 0 spiro atoms.